The minimum Gasteiger partial charge on any atom is -0.493 e. The van der Waals surface area contributed by atoms with Gasteiger partial charge in [0.1, 0.15) is 6.04 Å². The van der Waals surface area contributed by atoms with Crippen molar-refractivity contribution >= 4 is 17.5 Å². The summed E-state index contributed by atoms with van der Waals surface area (Å²) in [5, 5.41) is 17.9. The molecule has 4 rings (SSSR count). The van der Waals surface area contributed by atoms with Gasteiger partial charge in [0.2, 0.25) is 11.7 Å². The summed E-state index contributed by atoms with van der Waals surface area (Å²) in [5.41, 5.74) is 2.47. The van der Waals surface area contributed by atoms with Crippen molar-refractivity contribution in [3.63, 3.8) is 0 Å². The normalized spacial score (nSPS) is 15.0. The number of nitrogens with zero attached hydrogens (tertiary/aromatic N) is 4. The number of anilines is 2. The summed E-state index contributed by atoms with van der Waals surface area (Å²) in [6.07, 6.45) is 0. The van der Waals surface area contributed by atoms with E-state index < -0.39 is 6.04 Å². The van der Waals surface area contributed by atoms with E-state index in [0.717, 1.165) is 0 Å². The topological polar surface area (TPSA) is 112 Å². The van der Waals surface area contributed by atoms with E-state index in [0.29, 0.717) is 45.7 Å². The number of hydrogen-bond acceptors (Lipinski definition) is 8. The second-order valence-corrected chi connectivity index (χ2v) is 6.79. The van der Waals surface area contributed by atoms with Crippen LogP contribution < -0.4 is 24.8 Å². The number of hydrogen-bond donors (Lipinski definition) is 2. The van der Waals surface area contributed by atoms with E-state index in [4.69, 9.17) is 14.2 Å². The fourth-order valence-electron chi connectivity index (χ4n) is 3.59. The average molecular weight is 422 g/mol. The van der Waals surface area contributed by atoms with Gasteiger partial charge in [0.15, 0.2) is 11.5 Å². The highest BCUT2D eigenvalue weighted by Gasteiger charge is 2.35. The monoisotopic (exact) mass is 422 g/mol. The van der Waals surface area contributed by atoms with Crippen LogP contribution >= 0.6 is 0 Å². The maximum atomic E-state index is 13.3. The molecule has 2 heterocycles. The number of fused-ring (bicyclic) bond motifs is 1. The lowest BCUT2D eigenvalue weighted by atomic mass is 9.94. The van der Waals surface area contributed by atoms with Gasteiger partial charge in [-0.05, 0) is 47.2 Å². The number of methoxy groups -OCH3 is 3. The van der Waals surface area contributed by atoms with Gasteiger partial charge in [-0.15, -0.1) is 0 Å². The molecule has 10 nitrogen and oxygen atoms in total. The first kappa shape index (κ1) is 20.2. The van der Waals surface area contributed by atoms with E-state index >= 15 is 0 Å². The van der Waals surface area contributed by atoms with E-state index in [1.165, 1.54) is 21.3 Å². The first-order valence-electron chi connectivity index (χ1n) is 9.49. The van der Waals surface area contributed by atoms with Crippen LogP contribution in [-0.4, -0.2) is 47.4 Å². The SMILES string of the molecule is COc1cc([C@H]2C(C(=O)Nc3ccccc3)=C(C)Nc3nnnn32)cc(OC)c1OC. The zero-order chi connectivity index (χ0) is 22.0. The third kappa shape index (κ3) is 3.63. The van der Waals surface area contributed by atoms with Gasteiger partial charge in [-0.3, -0.25) is 4.79 Å². The summed E-state index contributed by atoms with van der Waals surface area (Å²) >= 11 is 0. The van der Waals surface area contributed by atoms with E-state index in [9.17, 15) is 4.79 Å². The predicted molar refractivity (Wildman–Crippen MR) is 113 cm³/mol. The third-order valence-electron chi connectivity index (χ3n) is 4.99. The van der Waals surface area contributed by atoms with E-state index in [2.05, 4.69) is 26.2 Å². The molecule has 1 amide bonds. The van der Waals surface area contributed by atoms with Crippen LogP contribution in [0.5, 0.6) is 17.2 Å². The van der Waals surface area contributed by atoms with Crippen LogP contribution in [-0.2, 0) is 4.79 Å². The Hall–Kier alpha value is -4.08. The Morgan fingerprint density at radius 2 is 1.74 bits per heavy atom. The summed E-state index contributed by atoms with van der Waals surface area (Å²) < 4.78 is 18.0. The van der Waals surface area contributed by atoms with Crippen molar-refractivity contribution in [2.45, 2.75) is 13.0 Å². The number of ether oxygens (including phenoxy) is 3. The van der Waals surface area contributed by atoms with Gasteiger partial charge in [0.25, 0.3) is 5.91 Å². The molecule has 3 aromatic rings. The standard InChI is InChI=1S/C21H22N6O4/c1-12-17(20(28)23-14-8-6-5-7-9-14)18(27-21(22-12)24-25-26-27)13-10-15(29-2)19(31-4)16(11-13)30-3/h5-11,18H,1-4H3,(H,23,28)(H,22,24,26)/t18-/m0/s1. The Kier molecular flexibility index (Phi) is 5.44. The van der Waals surface area contributed by atoms with Gasteiger partial charge < -0.3 is 24.8 Å². The Morgan fingerprint density at radius 3 is 2.35 bits per heavy atom. The maximum absolute atomic E-state index is 13.3. The largest absolute Gasteiger partial charge is 0.493 e. The molecule has 0 aliphatic carbocycles. The van der Waals surface area contributed by atoms with Crippen LogP contribution in [0.3, 0.4) is 0 Å². The number of aromatic nitrogens is 4. The minimum atomic E-state index is -0.622. The van der Waals surface area contributed by atoms with Crippen molar-refractivity contribution in [3.05, 3.63) is 59.3 Å². The highest BCUT2D eigenvalue weighted by molar-refractivity contribution is 6.06. The maximum Gasteiger partial charge on any atom is 0.255 e. The summed E-state index contributed by atoms with van der Waals surface area (Å²) in [7, 11) is 4.61. The number of carbonyl (C=O) groups excluding carboxylic acids is 1. The summed E-state index contributed by atoms with van der Waals surface area (Å²) in [6, 6.07) is 12.2. The van der Waals surface area contributed by atoms with Gasteiger partial charge >= 0.3 is 0 Å². The molecule has 1 aliphatic rings. The fourth-order valence-corrected chi connectivity index (χ4v) is 3.59. The van der Waals surface area contributed by atoms with Gasteiger partial charge in [0.05, 0.1) is 26.9 Å². The summed E-state index contributed by atoms with van der Waals surface area (Å²) in [5.74, 6) is 1.52. The van der Waals surface area contributed by atoms with Crippen molar-refractivity contribution in [2.24, 2.45) is 0 Å². The van der Waals surface area contributed by atoms with Crippen LogP contribution in [0.2, 0.25) is 0 Å². The third-order valence-corrected chi connectivity index (χ3v) is 4.99. The highest BCUT2D eigenvalue weighted by atomic mass is 16.5. The quantitative estimate of drug-likeness (QED) is 0.623. The number of carbonyl (C=O) groups is 1. The Bertz CT molecular complexity index is 1120. The highest BCUT2D eigenvalue weighted by Crippen LogP contribution is 2.43. The van der Waals surface area contributed by atoms with E-state index in [-0.39, 0.29) is 5.91 Å². The predicted octanol–water partition coefficient (Wildman–Crippen LogP) is 2.63. The van der Waals surface area contributed by atoms with Gasteiger partial charge in [-0.1, -0.05) is 23.3 Å². The number of rotatable bonds is 6. The molecule has 0 saturated heterocycles. The van der Waals surface area contributed by atoms with Crippen molar-refractivity contribution in [3.8, 4) is 17.2 Å². The van der Waals surface area contributed by atoms with Crippen LogP contribution in [0.25, 0.3) is 0 Å². The lowest BCUT2D eigenvalue weighted by molar-refractivity contribution is -0.113. The molecular formula is C21H22N6O4. The lowest BCUT2D eigenvalue weighted by Crippen LogP contribution is -2.31. The molecule has 0 radical (unpaired) electrons. The molecule has 160 valence electrons. The Morgan fingerprint density at radius 1 is 1.06 bits per heavy atom. The van der Waals surface area contributed by atoms with Crippen LogP contribution in [0.1, 0.15) is 18.5 Å². The summed E-state index contributed by atoms with van der Waals surface area (Å²) in [4.78, 5) is 13.3. The van der Waals surface area contributed by atoms with Gasteiger partial charge in [0, 0.05) is 11.4 Å². The molecule has 0 bridgehead atoms. The molecule has 2 N–H and O–H groups in total. The number of para-hydroxylation sites is 1. The Labute approximate surface area is 178 Å². The van der Waals surface area contributed by atoms with Crippen molar-refractivity contribution in [1.29, 1.82) is 0 Å². The first-order chi connectivity index (χ1) is 15.1. The molecular weight excluding hydrogens is 400 g/mol. The van der Waals surface area contributed by atoms with Gasteiger partial charge in [-0.2, -0.15) is 4.68 Å². The Balaban J connectivity index is 1.84. The molecule has 1 aliphatic heterocycles. The number of nitrogens with one attached hydrogen (secondary N) is 2. The molecule has 31 heavy (non-hydrogen) atoms. The van der Waals surface area contributed by atoms with Crippen molar-refractivity contribution in [2.75, 3.05) is 32.0 Å². The van der Waals surface area contributed by atoms with E-state index in [1.54, 1.807) is 16.8 Å². The first-order valence-corrected chi connectivity index (χ1v) is 9.49. The van der Waals surface area contributed by atoms with E-state index in [1.807, 2.05) is 37.3 Å². The minimum absolute atomic E-state index is 0.281. The van der Waals surface area contributed by atoms with Crippen LogP contribution in [0, 0.1) is 0 Å². The summed E-state index contributed by atoms with van der Waals surface area (Å²) in [6.45, 7) is 1.81. The molecule has 1 aromatic heterocycles. The zero-order valence-electron chi connectivity index (χ0n) is 17.5. The number of allylic oxidation sites excluding steroid dienone is 1. The molecule has 0 unspecified atom stereocenters. The molecule has 1 atom stereocenters. The number of amides is 1. The number of benzene rings is 2. The second kappa shape index (κ2) is 8.34. The van der Waals surface area contributed by atoms with Crippen LogP contribution in [0.15, 0.2) is 53.7 Å². The second-order valence-electron chi connectivity index (χ2n) is 6.79. The van der Waals surface area contributed by atoms with Gasteiger partial charge in [-0.25, -0.2) is 0 Å². The molecule has 0 saturated carbocycles. The lowest BCUT2D eigenvalue weighted by Gasteiger charge is -2.28. The average Bonchev–Trinajstić information content (AvgIpc) is 3.25. The van der Waals surface area contributed by atoms with Crippen molar-refractivity contribution in [1.82, 2.24) is 20.2 Å². The molecule has 0 spiro atoms. The number of tetrazole rings is 1. The smallest absolute Gasteiger partial charge is 0.255 e. The fraction of sp³-hybridized carbons (Fsp3) is 0.238. The molecule has 0 fully saturated rings. The van der Waals surface area contributed by atoms with Crippen LogP contribution in [0.4, 0.5) is 11.6 Å². The van der Waals surface area contributed by atoms with Crippen molar-refractivity contribution < 1.29 is 19.0 Å². The molecule has 2 aromatic carbocycles. The zero-order valence-corrected chi connectivity index (χ0v) is 17.5. The molecule has 10 heteroatoms.